The molecular weight excluding hydrogens is 206 g/mol. The highest BCUT2D eigenvalue weighted by atomic mass is 16.2. The minimum atomic E-state index is -0.442. The van der Waals surface area contributed by atoms with Crippen molar-refractivity contribution in [2.24, 2.45) is 0 Å². The number of tetrazole rings is 1. The van der Waals surface area contributed by atoms with Crippen molar-refractivity contribution in [2.45, 2.75) is 0 Å². The average Bonchev–Trinajstić information content (AvgIpc) is 2.83. The number of carbonyl (C=O) groups excluding carboxylic acids is 1. The molecule has 2 N–H and O–H groups in total. The first kappa shape index (κ1) is 9.86. The maximum absolute atomic E-state index is 11.5. The Labute approximate surface area is 91.1 Å². The number of H-pyrrole nitrogens is 1. The molecule has 0 spiro atoms. The predicted octanol–water partition coefficient (Wildman–Crippen LogP) is 0.433. The Hall–Kier alpha value is -2.68. The van der Waals surface area contributed by atoms with Crippen molar-refractivity contribution in [2.75, 3.05) is 5.32 Å². The van der Waals surface area contributed by atoms with Crippen LogP contribution in [0.25, 0.3) is 0 Å². The highest BCUT2D eigenvalue weighted by molar-refractivity contribution is 6.01. The number of nitrogens with zero attached hydrogens (tertiary/aromatic N) is 3. The van der Waals surface area contributed by atoms with Gasteiger partial charge >= 0.3 is 0 Å². The zero-order valence-electron chi connectivity index (χ0n) is 8.14. The van der Waals surface area contributed by atoms with Gasteiger partial charge in [0, 0.05) is 11.3 Å². The van der Waals surface area contributed by atoms with E-state index in [4.69, 9.17) is 6.42 Å². The second-order valence-electron chi connectivity index (χ2n) is 2.91. The second-order valence-corrected chi connectivity index (χ2v) is 2.91. The Morgan fingerprint density at radius 1 is 1.50 bits per heavy atom. The summed E-state index contributed by atoms with van der Waals surface area (Å²) in [5.74, 6) is 2.01. The minimum absolute atomic E-state index is 0.0221. The third kappa shape index (κ3) is 2.04. The van der Waals surface area contributed by atoms with Crippen LogP contribution >= 0.6 is 0 Å². The summed E-state index contributed by atoms with van der Waals surface area (Å²) >= 11 is 0. The van der Waals surface area contributed by atoms with Crippen molar-refractivity contribution >= 4 is 11.6 Å². The summed E-state index contributed by atoms with van der Waals surface area (Å²) in [6.07, 6.45) is 5.24. The highest BCUT2D eigenvalue weighted by Crippen LogP contribution is 2.10. The summed E-state index contributed by atoms with van der Waals surface area (Å²) in [7, 11) is 0. The highest BCUT2D eigenvalue weighted by Gasteiger charge is 2.10. The van der Waals surface area contributed by atoms with Gasteiger partial charge in [0.25, 0.3) is 11.7 Å². The fourth-order valence-electron chi connectivity index (χ4n) is 1.13. The molecule has 0 aliphatic heterocycles. The van der Waals surface area contributed by atoms with Gasteiger partial charge in [0.05, 0.1) is 0 Å². The molecule has 1 heterocycles. The molecular formula is C10H7N5O. The van der Waals surface area contributed by atoms with Gasteiger partial charge in [-0.2, -0.15) is 5.21 Å². The van der Waals surface area contributed by atoms with Crippen LogP contribution in [0.4, 0.5) is 5.69 Å². The number of aromatic amines is 1. The van der Waals surface area contributed by atoms with Crippen LogP contribution in [0.1, 0.15) is 16.2 Å². The maximum Gasteiger partial charge on any atom is 0.297 e. The quantitative estimate of drug-likeness (QED) is 0.709. The number of amides is 1. The van der Waals surface area contributed by atoms with E-state index in [1.165, 1.54) is 0 Å². The summed E-state index contributed by atoms with van der Waals surface area (Å²) in [4.78, 5) is 11.5. The lowest BCUT2D eigenvalue weighted by molar-refractivity contribution is 0.101. The minimum Gasteiger partial charge on any atom is -0.319 e. The summed E-state index contributed by atoms with van der Waals surface area (Å²) in [6.45, 7) is 0. The first-order valence-corrected chi connectivity index (χ1v) is 4.41. The van der Waals surface area contributed by atoms with Gasteiger partial charge in [0.2, 0.25) is 0 Å². The van der Waals surface area contributed by atoms with Crippen LogP contribution in [0.15, 0.2) is 24.3 Å². The van der Waals surface area contributed by atoms with Gasteiger partial charge < -0.3 is 5.32 Å². The molecule has 1 aromatic heterocycles. The number of aromatic nitrogens is 4. The zero-order valence-corrected chi connectivity index (χ0v) is 8.14. The van der Waals surface area contributed by atoms with Crippen LogP contribution in [0.5, 0.6) is 0 Å². The van der Waals surface area contributed by atoms with Crippen LogP contribution < -0.4 is 5.32 Å². The van der Waals surface area contributed by atoms with Crippen molar-refractivity contribution in [1.29, 1.82) is 0 Å². The van der Waals surface area contributed by atoms with Gasteiger partial charge in [-0.25, -0.2) is 0 Å². The molecule has 0 aliphatic carbocycles. The van der Waals surface area contributed by atoms with Gasteiger partial charge in [-0.1, -0.05) is 12.0 Å². The average molecular weight is 213 g/mol. The molecule has 6 nitrogen and oxygen atoms in total. The lowest BCUT2D eigenvalue weighted by atomic mass is 10.2. The molecule has 0 bridgehead atoms. The number of hydrogen-bond acceptors (Lipinski definition) is 4. The van der Waals surface area contributed by atoms with E-state index >= 15 is 0 Å². The molecule has 2 aromatic rings. The number of terminal acetylenes is 1. The summed E-state index contributed by atoms with van der Waals surface area (Å²) in [6, 6.07) is 6.92. The lowest BCUT2D eigenvalue weighted by Crippen LogP contribution is -2.13. The molecule has 0 saturated heterocycles. The molecule has 0 radical (unpaired) electrons. The van der Waals surface area contributed by atoms with Crippen LogP contribution in [0.3, 0.4) is 0 Å². The Balaban J connectivity index is 2.16. The molecule has 6 heteroatoms. The summed E-state index contributed by atoms with van der Waals surface area (Å²) < 4.78 is 0. The third-order valence-electron chi connectivity index (χ3n) is 1.84. The van der Waals surface area contributed by atoms with Gasteiger partial charge in [0.1, 0.15) is 0 Å². The van der Waals surface area contributed by atoms with Gasteiger partial charge in [0.15, 0.2) is 0 Å². The largest absolute Gasteiger partial charge is 0.319 e. The van der Waals surface area contributed by atoms with Crippen LogP contribution in [0, 0.1) is 12.3 Å². The fraction of sp³-hybridized carbons (Fsp3) is 0. The van der Waals surface area contributed by atoms with Gasteiger partial charge in [-0.05, 0) is 23.4 Å². The second kappa shape index (κ2) is 4.23. The Morgan fingerprint density at radius 2 is 2.38 bits per heavy atom. The van der Waals surface area contributed by atoms with E-state index in [9.17, 15) is 4.79 Å². The summed E-state index contributed by atoms with van der Waals surface area (Å²) in [5.41, 5.74) is 1.27. The molecule has 0 fully saturated rings. The number of anilines is 1. The molecule has 2 rings (SSSR count). The number of benzene rings is 1. The SMILES string of the molecule is C#Cc1cccc(NC(=O)c2nn[nH]n2)c1. The molecule has 1 amide bonds. The molecule has 0 atom stereocenters. The van der Waals surface area contributed by atoms with E-state index in [1.54, 1.807) is 24.3 Å². The van der Waals surface area contributed by atoms with Crippen LogP contribution in [-0.2, 0) is 0 Å². The maximum atomic E-state index is 11.5. The molecule has 0 aliphatic rings. The molecule has 78 valence electrons. The van der Waals surface area contributed by atoms with Crippen LogP contribution in [-0.4, -0.2) is 26.5 Å². The van der Waals surface area contributed by atoms with E-state index in [-0.39, 0.29) is 5.82 Å². The first-order valence-electron chi connectivity index (χ1n) is 4.41. The van der Waals surface area contributed by atoms with E-state index < -0.39 is 5.91 Å². The third-order valence-corrected chi connectivity index (χ3v) is 1.84. The standard InChI is InChI=1S/C10H7N5O/c1-2-7-4-3-5-8(6-7)11-10(16)9-12-14-15-13-9/h1,3-6H,(H,11,16)(H,12,13,14,15). The normalized spacial score (nSPS) is 9.44. The number of rotatable bonds is 2. The first-order chi connectivity index (χ1) is 7.79. The smallest absolute Gasteiger partial charge is 0.297 e. The van der Waals surface area contributed by atoms with E-state index in [1.807, 2.05) is 0 Å². The Bertz CT molecular complexity index is 541. The predicted molar refractivity (Wildman–Crippen MR) is 56.5 cm³/mol. The van der Waals surface area contributed by atoms with Gasteiger partial charge in [-0.3, -0.25) is 4.79 Å². The lowest BCUT2D eigenvalue weighted by Gasteiger charge is -2.01. The van der Waals surface area contributed by atoms with E-state index in [0.29, 0.717) is 11.3 Å². The number of carbonyl (C=O) groups is 1. The monoisotopic (exact) mass is 213 g/mol. The van der Waals surface area contributed by atoms with Crippen molar-refractivity contribution in [1.82, 2.24) is 20.6 Å². The molecule has 16 heavy (non-hydrogen) atoms. The molecule has 1 aromatic carbocycles. The molecule has 0 unspecified atom stereocenters. The van der Waals surface area contributed by atoms with E-state index in [0.717, 1.165) is 0 Å². The van der Waals surface area contributed by atoms with Gasteiger partial charge in [-0.15, -0.1) is 16.6 Å². The zero-order chi connectivity index (χ0) is 11.4. The fourth-order valence-corrected chi connectivity index (χ4v) is 1.13. The summed E-state index contributed by atoms with van der Waals surface area (Å²) in [5, 5.41) is 15.2. The van der Waals surface area contributed by atoms with Crippen molar-refractivity contribution in [3.05, 3.63) is 35.7 Å². The molecule has 0 saturated carbocycles. The number of nitrogens with one attached hydrogen (secondary N) is 2. The van der Waals surface area contributed by atoms with Crippen molar-refractivity contribution in [3.63, 3.8) is 0 Å². The topological polar surface area (TPSA) is 83.6 Å². The Morgan fingerprint density at radius 3 is 3.06 bits per heavy atom. The van der Waals surface area contributed by atoms with E-state index in [2.05, 4.69) is 31.9 Å². The Kier molecular flexibility index (Phi) is 2.61. The van der Waals surface area contributed by atoms with Crippen molar-refractivity contribution in [3.8, 4) is 12.3 Å². The number of hydrogen-bond donors (Lipinski definition) is 2. The van der Waals surface area contributed by atoms with Crippen LogP contribution in [0.2, 0.25) is 0 Å². The van der Waals surface area contributed by atoms with Crippen molar-refractivity contribution < 1.29 is 4.79 Å².